The van der Waals surface area contributed by atoms with Gasteiger partial charge < -0.3 is 9.84 Å². The molecule has 0 atom stereocenters. The lowest BCUT2D eigenvalue weighted by Crippen LogP contribution is -2.37. The Labute approximate surface area is 117 Å². The van der Waals surface area contributed by atoms with E-state index < -0.39 is 17.4 Å². The zero-order valence-corrected chi connectivity index (χ0v) is 11.4. The largest absolute Gasteiger partial charge is 0.478 e. The minimum absolute atomic E-state index is 0.0109. The fourth-order valence-corrected chi connectivity index (χ4v) is 2.53. The van der Waals surface area contributed by atoms with Crippen molar-refractivity contribution in [1.82, 2.24) is 0 Å². The molecular weight excluding hydrogens is 259 g/mol. The van der Waals surface area contributed by atoms with Gasteiger partial charge >= 0.3 is 5.97 Å². The van der Waals surface area contributed by atoms with Crippen molar-refractivity contribution in [2.24, 2.45) is 0 Å². The first kappa shape index (κ1) is 14.4. The van der Waals surface area contributed by atoms with Gasteiger partial charge in [-0.2, -0.15) is 0 Å². The predicted molar refractivity (Wildman–Crippen MR) is 73.3 cm³/mol. The Balaban J connectivity index is 2.32. The van der Waals surface area contributed by atoms with Gasteiger partial charge in [-0.3, -0.25) is 0 Å². The van der Waals surface area contributed by atoms with E-state index in [2.05, 4.69) is 11.8 Å². The Hall–Kier alpha value is -2.02. The first-order chi connectivity index (χ1) is 9.56. The molecule has 1 saturated carbocycles. The van der Waals surface area contributed by atoms with E-state index in [1.165, 1.54) is 12.1 Å². The molecule has 3 nitrogen and oxygen atoms in total. The highest BCUT2D eigenvalue weighted by molar-refractivity contribution is 5.88. The lowest BCUT2D eigenvalue weighted by molar-refractivity contribution is 0.0688. The highest BCUT2D eigenvalue weighted by atomic mass is 19.1. The summed E-state index contributed by atoms with van der Waals surface area (Å²) in [5, 5.41) is 8.97. The van der Waals surface area contributed by atoms with Gasteiger partial charge in [0.15, 0.2) is 17.2 Å². The first-order valence-electron chi connectivity index (χ1n) is 6.72. The topological polar surface area (TPSA) is 46.5 Å². The quantitative estimate of drug-likeness (QED) is 0.857. The van der Waals surface area contributed by atoms with Crippen LogP contribution >= 0.6 is 0 Å². The monoisotopic (exact) mass is 276 g/mol. The van der Waals surface area contributed by atoms with Gasteiger partial charge in [0.1, 0.15) is 0 Å². The molecule has 0 spiro atoms. The number of carboxylic acid groups (broad SMARTS) is 1. The Bertz CT molecular complexity index is 563. The molecule has 1 aromatic carbocycles. The normalized spacial score (nSPS) is 16.9. The Morgan fingerprint density at radius 1 is 1.35 bits per heavy atom. The molecule has 0 heterocycles. The van der Waals surface area contributed by atoms with Crippen LogP contribution in [0.1, 0.15) is 49.4 Å². The highest BCUT2D eigenvalue weighted by Gasteiger charge is 2.33. The van der Waals surface area contributed by atoms with Crippen molar-refractivity contribution in [3.63, 3.8) is 0 Å². The van der Waals surface area contributed by atoms with Crippen LogP contribution in [-0.4, -0.2) is 16.7 Å². The third kappa shape index (κ3) is 3.11. The number of carboxylic acids is 1. The van der Waals surface area contributed by atoms with Gasteiger partial charge in [-0.05, 0) is 50.8 Å². The van der Waals surface area contributed by atoms with Gasteiger partial charge in [0.25, 0.3) is 0 Å². The molecule has 0 saturated heterocycles. The van der Waals surface area contributed by atoms with Crippen molar-refractivity contribution in [3.05, 3.63) is 29.6 Å². The van der Waals surface area contributed by atoms with Gasteiger partial charge in [-0.15, -0.1) is 5.92 Å². The number of carbonyl (C=O) groups is 1. The van der Waals surface area contributed by atoms with Gasteiger partial charge in [-0.25, -0.2) is 9.18 Å². The summed E-state index contributed by atoms with van der Waals surface area (Å²) < 4.78 is 19.6. The maximum atomic E-state index is 13.8. The summed E-state index contributed by atoms with van der Waals surface area (Å²) >= 11 is 0. The summed E-state index contributed by atoms with van der Waals surface area (Å²) in [5.74, 6) is 4.18. The Kier molecular flexibility index (Phi) is 4.29. The predicted octanol–water partition coefficient (Wildman–Crippen LogP) is 3.63. The van der Waals surface area contributed by atoms with E-state index >= 15 is 0 Å². The molecule has 1 fully saturated rings. The summed E-state index contributed by atoms with van der Waals surface area (Å²) in [4.78, 5) is 11.0. The number of benzene rings is 1. The van der Waals surface area contributed by atoms with Crippen molar-refractivity contribution in [2.75, 3.05) is 0 Å². The van der Waals surface area contributed by atoms with E-state index in [1.54, 1.807) is 6.92 Å². The van der Waals surface area contributed by atoms with Crippen LogP contribution in [0.3, 0.4) is 0 Å². The van der Waals surface area contributed by atoms with Crippen molar-refractivity contribution in [1.29, 1.82) is 0 Å². The molecule has 106 valence electrons. The summed E-state index contributed by atoms with van der Waals surface area (Å²) in [5.41, 5.74) is -0.679. The number of hydrogen-bond donors (Lipinski definition) is 1. The van der Waals surface area contributed by atoms with Crippen molar-refractivity contribution < 1.29 is 19.0 Å². The molecule has 0 aliphatic heterocycles. The van der Waals surface area contributed by atoms with Gasteiger partial charge in [0.05, 0.1) is 5.56 Å². The molecule has 2 rings (SSSR count). The van der Waals surface area contributed by atoms with Crippen LogP contribution in [0.25, 0.3) is 0 Å². The molecule has 1 N–H and O–H groups in total. The standard InChI is InChI=1S/C16H17FO3/c1-2-8-16(9-4-3-5-10-16)20-14-11-12(15(18)19)6-7-13(14)17/h6-7,11H,3-5,9-10H2,1H3,(H,18,19). The lowest BCUT2D eigenvalue weighted by atomic mass is 9.85. The molecule has 0 amide bonds. The van der Waals surface area contributed by atoms with E-state index in [1.807, 2.05) is 0 Å². The summed E-state index contributed by atoms with van der Waals surface area (Å²) in [6, 6.07) is 3.57. The zero-order chi connectivity index (χ0) is 14.6. The van der Waals surface area contributed by atoms with Crippen LogP contribution in [0.2, 0.25) is 0 Å². The van der Waals surface area contributed by atoms with Crippen LogP contribution in [0.15, 0.2) is 18.2 Å². The molecule has 0 radical (unpaired) electrons. The van der Waals surface area contributed by atoms with E-state index in [9.17, 15) is 9.18 Å². The third-order valence-corrected chi connectivity index (χ3v) is 3.50. The number of aromatic carboxylic acids is 1. The summed E-state index contributed by atoms with van der Waals surface area (Å²) in [6.07, 6.45) is 4.56. The maximum absolute atomic E-state index is 13.8. The second kappa shape index (κ2) is 5.96. The molecular formula is C16H17FO3. The molecule has 1 aromatic rings. The molecule has 0 aromatic heterocycles. The SMILES string of the molecule is CC#CC1(Oc2cc(C(=O)O)ccc2F)CCCCC1. The molecule has 1 aliphatic rings. The van der Waals surface area contributed by atoms with Gasteiger partial charge in [0, 0.05) is 0 Å². The van der Waals surface area contributed by atoms with Gasteiger partial charge in [-0.1, -0.05) is 12.3 Å². The molecule has 0 unspecified atom stereocenters. The second-order valence-electron chi connectivity index (χ2n) is 4.98. The Morgan fingerprint density at radius 2 is 2.05 bits per heavy atom. The second-order valence-corrected chi connectivity index (χ2v) is 4.98. The fraction of sp³-hybridized carbons (Fsp3) is 0.438. The van der Waals surface area contributed by atoms with E-state index in [0.717, 1.165) is 38.2 Å². The molecule has 1 aliphatic carbocycles. The van der Waals surface area contributed by atoms with Crippen LogP contribution < -0.4 is 4.74 Å². The van der Waals surface area contributed by atoms with Crippen molar-refractivity contribution >= 4 is 5.97 Å². The average molecular weight is 276 g/mol. The van der Waals surface area contributed by atoms with Crippen LogP contribution in [0.4, 0.5) is 4.39 Å². The summed E-state index contributed by atoms with van der Waals surface area (Å²) in [7, 11) is 0. The van der Waals surface area contributed by atoms with E-state index in [4.69, 9.17) is 9.84 Å². The fourth-order valence-electron chi connectivity index (χ4n) is 2.53. The smallest absolute Gasteiger partial charge is 0.335 e. The molecule has 0 bridgehead atoms. The lowest BCUT2D eigenvalue weighted by Gasteiger charge is -2.33. The average Bonchev–Trinajstić information content (AvgIpc) is 2.42. The van der Waals surface area contributed by atoms with Crippen LogP contribution in [0.5, 0.6) is 5.75 Å². The number of rotatable bonds is 3. The molecule has 4 heteroatoms. The maximum Gasteiger partial charge on any atom is 0.335 e. The highest BCUT2D eigenvalue weighted by Crippen LogP contribution is 2.34. The Morgan fingerprint density at radius 3 is 2.65 bits per heavy atom. The van der Waals surface area contributed by atoms with E-state index in [-0.39, 0.29) is 11.3 Å². The number of hydrogen-bond acceptors (Lipinski definition) is 2. The van der Waals surface area contributed by atoms with Crippen molar-refractivity contribution in [3.8, 4) is 17.6 Å². The number of ether oxygens (including phenoxy) is 1. The number of halogens is 1. The van der Waals surface area contributed by atoms with Crippen LogP contribution in [0, 0.1) is 17.7 Å². The summed E-state index contributed by atoms with van der Waals surface area (Å²) in [6.45, 7) is 1.73. The zero-order valence-electron chi connectivity index (χ0n) is 11.4. The van der Waals surface area contributed by atoms with E-state index in [0.29, 0.717) is 0 Å². The minimum Gasteiger partial charge on any atom is -0.478 e. The van der Waals surface area contributed by atoms with Crippen molar-refractivity contribution in [2.45, 2.75) is 44.6 Å². The third-order valence-electron chi connectivity index (χ3n) is 3.50. The van der Waals surface area contributed by atoms with Crippen LogP contribution in [-0.2, 0) is 0 Å². The first-order valence-corrected chi connectivity index (χ1v) is 6.72. The van der Waals surface area contributed by atoms with Gasteiger partial charge in [0.2, 0.25) is 0 Å². The molecule has 20 heavy (non-hydrogen) atoms. The minimum atomic E-state index is -1.10.